The van der Waals surface area contributed by atoms with Gasteiger partial charge in [-0.2, -0.15) is 5.26 Å². The molecule has 1 aromatic carbocycles. The molecule has 0 N–H and O–H groups in total. The number of aryl methyl sites for hydroxylation is 1. The number of benzene rings is 1. The summed E-state index contributed by atoms with van der Waals surface area (Å²) in [7, 11) is 0. The minimum Gasteiger partial charge on any atom is -0.393 e. The zero-order valence-electron chi connectivity index (χ0n) is 8.04. The smallest absolute Gasteiger partial charge is 0.376 e. The zero-order chi connectivity index (χ0) is 11.1. The summed E-state index contributed by atoms with van der Waals surface area (Å²) < 4.78 is 5.46. The minimum atomic E-state index is -0.989. The molecular weight excluding hydrogens is 338 g/mol. The van der Waals surface area contributed by atoms with E-state index in [0.29, 0.717) is 13.0 Å². The lowest BCUT2D eigenvalue weighted by Crippen LogP contribution is -2.01. The second-order valence-corrected chi connectivity index (χ2v) is 11.2. The van der Waals surface area contributed by atoms with Crippen LogP contribution in [0.5, 0.6) is 0 Å². The Bertz CT molecular complexity index is 352. The molecule has 5 heteroatoms. The molecule has 0 atom stereocenters. The van der Waals surface area contributed by atoms with Crippen molar-refractivity contribution < 1.29 is 4.43 Å². The Hall–Kier alpha value is -0.153. The van der Waals surface area contributed by atoms with E-state index < -0.39 is 6.28 Å². The molecule has 0 aliphatic heterocycles. The highest BCUT2D eigenvalue weighted by molar-refractivity contribution is 9.48. The predicted octanol–water partition coefficient (Wildman–Crippen LogP) is 3.43. The fourth-order valence-electron chi connectivity index (χ4n) is 1.21. The van der Waals surface area contributed by atoms with E-state index in [2.05, 4.69) is 42.7 Å². The molecule has 79 valence electrons. The topological polar surface area (TPSA) is 33.0 Å². The van der Waals surface area contributed by atoms with Crippen molar-refractivity contribution in [3.63, 3.8) is 0 Å². The summed E-state index contributed by atoms with van der Waals surface area (Å²) in [6.45, 7) is 0.602. The van der Waals surface area contributed by atoms with Gasteiger partial charge in [0, 0.05) is 6.42 Å². The first kappa shape index (κ1) is 12.9. The van der Waals surface area contributed by atoms with E-state index in [1.165, 1.54) is 5.56 Å². The van der Waals surface area contributed by atoms with Gasteiger partial charge in [0.05, 0.1) is 12.7 Å². The molecule has 2 nitrogen and oxygen atoms in total. The van der Waals surface area contributed by atoms with Gasteiger partial charge in [-0.3, -0.25) is 0 Å². The number of nitriles is 1. The molecule has 0 amide bonds. The summed E-state index contributed by atoms with van der Waals surface area (Å²) in [5.41, 5.74) is 2.34. The SMILES string of the molecule is N#CCCc1cccc(CO[Si](Br)Br)c1. The molecule has 0 aliphatic rings. The molecule has 1 rings (SSSR count). The normalized spacial score (nSPS) is 10.3. The molecule has 0 aromatic heterocycles. The van der Waals surface area contributed by atoms with E-state index in [4.69, 9.17) is 9.69 Å². The standard InChI is InChI=1S/C10H10Br2NOSi/c11-15(12)14-8-10-4-1-3-9(7-10)5-2-6-13/h1,3-4,7H,2,5,8H2. The first-order valence-electron chi connectivity index (χ1n) is 4.48. The molecule has 0 bridgehead atoms. The van der Waals surface area contributed by atoms with Crippen LogP contribution in [0, 0.1) is 11.3 Å². The Labute approximate surface area is 107 Å². The van der Waals surface area contributed by atoms with Gasteiger partial charge in [0.2, 0.25) is 0 Å². The van der Waals surface area contributed by atoms with Crippen LogP contribution < -0.4 is 0 Å². The van der Waals surface area contributed by atoms with E-state index in [9.17, 15) is 0 Å². The zero-order valence-corrected chi connectivity index (χ0v) is 12.2. The number of hydrogen-bond acceptors (Lipinski definition) is 2. The molecule has 0 aliphatic carbocycles. The van der Waals surface area contributed by atoms with Gasteiger partial charge in [-0.1, -0.05) is 54.9 Å². The van der Waals surface area contributed by atoms with Gasteiger partial charge in [0.1, 0.15) is 0 Å². The number of hydrogen-bond donors (Lipinski definition) is 0. The highest BCUT2D eigenvalue weighted by atomic mass is 79.9. The maximum absolute atomic E-state index is 8.49. The van der Waals surface area contributed by atoms with Crippen LogP contribution in [0.1, 0.15) is 17.5 Å². The molecule has 0 saturated carbocycles. The Morgan fingerprint density at radius 1 is 1.33 bits per heavy atom. The molecule has 0 heterocycles. The number of halogens is 2. The van der Waals surface area contributed by atoms with Gasteiger partial charge >= 0.3 is 6.28 Å². The van der Waals surface area contributed by atoms with E-state index in [1.807, 2.05) is 18.2 Å². The highest BCUT2D eigenvalue weighted by Crippen LogP contribution is 2.12. The Balaban J connectivity index is 2.54. The fraction of sp³-hybridized carbons (Fsp3) is 0.300. The molecule has 0 spiro atoms. The average Bonchev–Trinajstić information content (AvgIpc) is 2.24. The van der Waals surface area contributed by atoms with E-state index in [0.717, 1.165) is 12.0 Å². The molecular formula is C10H10Br2NOSi. The third-order valence-corrected chi connectivity index (χ3v) is 3.60. The lowest BCUT2D eigenvalue weighted by molar-refractivity contribution is 0.332. The average molecular weight is 348 g/mol. The Kier molecular flexibility index (Phi) is 6.18. The maximum Gasteiger partial charge on any atom is 0.376 e. The Morgan fingerprint density at radius 2 is 2.07 bits per heavy atom. The van der Waals surface area contributed by atoms with Crippen molar-refractivity contribution in [1.82, 2.24) is 0 Å². The minimum absolute atomic E-state index is 0.566. The number of nitrogens with zero attached hydrogens (tertiary/aromatic N) is 1. The number of rotatable bonds is 5. The van der Waals surface area contributed by atoms with E-state index in [1.54, 1.807) is 0 Å². The van der Waals surface area contributed by atoms with Crippen LogP contribution in [0.15, 0.2) is 24.3 Å². The van der Waals surface area contributed by atoms with Crippen LogP contribution in [-0.2, 0) is 17.5 Å². The van der Waals surface area contributed by atoms with Crippen molar-refractivity contribution in [2.45, 2.75) is 19.4 Å². The highest BCUT2D eigenvalue weighted by Gasteiger charge is 2.03. The molecule has 15 heavy (non-hydrogen) atoms. The third-order valence-electron chi connectivity index (χ3n) is 1.86. The summed E-state index contributed by atoms with van der Waals surface area (Å²) in [5, 5.41) is 8.49. The summed E-state index contributed by atoms with van der Waals surface area (Å²) in [5.74, 6) is 0. The summed E-state index contributed by atoms with van der Waals surface area (Å²) in [6.07, 6.45) is 0.387. The summed E-state index contributed by atoms with van der Waals surface area (Å²) in [6, 6.07) is 10.3. The van der Waals surface area contributed by atoms with Gasteiger partial charge in [-0.15, -0.1) is 0 Å². The molecule has 1 aromatic rings. The van der Waals surface area contributed by atoms with Gasteiger partial charge in [0.15, 0.2) is 0 Å². The van der Waals surface area contributed by atoms with Gasteiger partial charge in [-0.05, 0) is 17.5 Å². The maximum atomic E-state index is 8.49. The van der Waals surface area contributed by atoms with E-state index >= 15 is 0 Å². The summed E-state index contributed by atoms with van der Waals surface area (Å²) in [4.78, 5) is 0. The van der Waals surface area contributed by atoms with Gasteiger partial charge in [-0.25, -0.2) is 0 Å². The second-order valence-electron chi connectivity index (χ2n) is 2.99. The van der Waals surface area contributed by atoms with Crippen LogP contribution in [0.25, 0.3) is 0 Å². The van der Waals surface area contributed by atoms with Crippen LogP contribution in [0.4, 0.5) is 0 Å². The lowest BCUT2D eigenvalue weighted by atomic mass is 10.1. The molecule has 0 unspecified atom stereocenters. The first-order chi connectivity index (χ1) is 7.22. The van der Waals surface area contributed by atoms with E-state index in [-0.39, 0.29) is 0 Å². The third kappa shape index (κ3) is 5.47. The second kappa shape index (κ2) is 7.18. The van der Waals surface area contributed by atoms with Crippen molar-refractivity contribution in [3.05, 3.63) is 35.4 Å². The van der Waals surface area contributed by atoms with Crippen molar-refractivity contribution in [1.29, 1.82) is 5.26 Å². The van der Waals surface area contributed by atoms with Gasteiger partial charge in [0.25, 0.3) is 0 Å². The van der Waals surface area contributed by atoms with Gasteiger partial charge < -0.3 is 4.43 Å². The van der Waals surface area contributed by atoms with Crippen LogP contribution >= 0.6 is 30.6 Å². The summed E-state index contributed by atoms with van der Waals surface area (Å²) >= 11 is 6.69. The quantitative estimate of drug-likeness (QED) is 0.603. The van der Waals surface area contributed by atoms with Crippen molar-refractivity contribution in [3.8, 4) is 6.07 Å². The largest absolute Gasteiger partial charge is 0.393 e. The van der Waals surface area contributed by atoms with Crippen molar-refractivity contribution in [2.24, 2.45) is 0 Å². The van der Waals surface area contributed by atoms with Crippen LogP contribution in [-0.4, -0.2) is 6.28 Å². The Morgan fingerprint density at radius 3 is 2.73 bits per heavy atom. The van der Waals surface area contributed by atoms with Crippen molar-refractivity contribution >= 4 is 36.9 Å². The molecule has 1 radical (unpaired) electrons. The fourth-order valence-corrected chi connectivity index (χ4v) is 2.18. The van der Waals surface area contributed by atoms with Crippen LogP contribution in [0.2, 0.25) is 0 Å². The van der Waals surface area contributed by atoms with Crippen LogP contribution in [0.3, 0.4) is 0 Å². The first-order valence-corrected chi connectivity index (χ1v) is 10.4. The lowest BCUT2D eigenvalue weighted by Gasteiger charge is -2.05. The monoisotopic (exact) mass is 346 g/mol. The van der Waals surface area contributed by atoms with Crippen molar-refractivity contribution in [2.75, 3.05) is 0 Å². The molecule has 0 saturated heterocycles. The predicted molar refractivity (Wildman–Crippen MR) is 68.8 cm³/mol. The molecule has 0 fully saturated rings.